The maximum atomic E-state index is 6.28. The number of nitrogens with zero attached hydrogens (tertiary/aromatic N) is 3. The van der Waals surface area contributed by atoms with E-state index >= 15 is 0 Å². The van der Waals surface area contributed by atoms with Gasteiger partial charge in [-0.25, -0.2) is 9.97 Å². The molecular formula is C22H23ClN4OS. The fourth-order valence-electron chi connectivity index (χ4n) is 3.50. The van der Waals surface area contributed by atoms with E-state index in [1.165, 1.54) is 22.2 Å². The maximum Gasteiger partial charge on any atom is 0.130 e. The van der Waals surface area contributed by atoms with E-state index < -0.39 is 0 Å². The van der Waals surface area contributed by atoms with Crippen LogP contribution in [-0.4, -0.2) is 27.7 Å². The minimum absolute atomic E-state index is 0.658. The minimum atomic E-state index is 0.658. The molecular weight excluding hydrogens is 404 g/mol. The predicted octanol–water partition coefficient (Wildman–Crippen LogP) is 5.94. The normalized spacial score (nSPS) is 11.2. The van der Waals surface area contributed by atoms with Crippen molar-refractivity contribution in [1.29, 1.82) is 0 Å². The lowest BCUT2D eigenvalue weighted by atomic mass is 10.1. The number of anilines is 1. The van der Waals surface area contributed by atoms with E-state index in [0.29, 0.717) is 6.61 Å². The summed E-state index contributed by atoms with van der Waals surface area (Å²) in [5, 5.41) is 7.43. The highest BCUT2D eigenvalue weighted by molar-refractivity contribution is 7.13. The molecule has 0 saturated heterocycles. The summed E-state index contributed by atoms with van der Waals surface area (Å²) in [5.74, 6) is 1.69. The average Bonchev–Trinajstić information content (AvgIpc) is 3.28. The van der Waals surface area contributed by atoms with Gasteiger partial charge in [0, 0.05) is 46.7 Å². The quantitative estimate of drug-likeness (QED) is 0.397. The van der Waals surface area contributed by atoms with E-state index in [1.54, 1.807) is 17.7 Å². The molecule has 150 valence electrons. The topological polar surface area (TPSA) is 52.0 Å². The summed E-state index contributed by atoms with van der Waals surface area (Å²) in [4.78, 5) is 9.83. The van der Waals surface area contributed by atoms with Gasteiger partial charge in [0.25, 0.3) is 0 Å². The molecule has 1 aromatic carbocycles. The number of aryl methyl sites for hydroxylation is 2. The first-order valence-electron chi connectivity index (χ1n) is 9.58. The van der Waals surface area contributed by atoms with Crippen molar-refractivity contribution in [3.05, 3.63) is 58.3 Å². The lowest BCUT2D eigenvalue weighted by Crippen LogP contribution is -2.12. The van der Waals surface area contributed by atoms with Crippen molar-refractivity contribution in [3.63, 3.8) is 0 Å². The molecule has 0 unspecified atom stereocenters. The van der Waals surface area contributed by atoms with Gasteiger partial charge < -0.3 is 14.6 Å². The molecule has 0 aliphatic carbocycles. The fourth-order valence-corrected chi connectivity index (χ4v) is 4.56. The number of ether oxygens (including phenoxy) is 1. The summed E-state index contributed by atoms with van der Waals surface area (Å²) in [6, 6.07) is 10.3. The summed E-state index contributed by atoms with van der Waals surface area (Å²) < 4.78 is 7.84. The molecule has 0 saturated carbocycles. The Labute approximate surface area is 179 Å². The standard InChI is InChI=1S/C22H23ClN4OS/c1-4-28-17-10-21(29-12-17)19-11-22(26-13-25-19)24-5-6-27-15(3)8-18-14(2)7-16(23)9-20(18)27/h7-13H,4-6H2,1-3H3,(H,24,25,26). The van der Waals surface area contributed by atoms with Gasteiger partial charge in [0.2, 0.25) is 0 Å². The highest BCUT2D eigenvalue weighted by atomic mass is 35.5. The molecule has 4 aromatic rings. The number of halogens is 1. The molecule has 0 aliphatic heterocycles. The van der Waals surface area contributed by atoms with Crippen LogP contribution in [0.15, 0.2) is 42.0 Å². The molecule has 1 N–H and O–H groups in total. The zero-order chi connectivity index (χ0) is 20.4. The van der Waals surface area contributed by atoms with Crippen LogP contribution in [0.3, 0.4) is 0 Å². The molecule has 0 amide bonds. The number of hydrogen-bond donors (Lipinski definition) is 1. The highest BCUT2D eigenvalue weighted by Gasteiger charge is 2.10. The Hall–Kier alpha value is -2.57. The van der Waals surface area contributed by atoms with Crippen LogP contribution < -0.4 is 10.1 Å². The van der Waals surface area contributed by atoms with Crippen molar-refractivity contribution in [1.82, 2.24) is 14.5 Å². The van der Waals surface area contributed by atoms with Crippen LogP contribution in [0.1, 0.15) is 18.2 Å². The Morgan fingerprint density at radius 3 is 2.83 bits per heavy atom. The molecule has 5 nitrogen and oxygen atoms in total. The zero-order valence-electron chi connectivity index (χ0n) is 16.7. The van der Waals surface area contributed by atoms with E-state index in [4.69, 9.17) is 16.3 Å². The second kappa shape index (κ2) is 8.43. The van der Waals surface area contributed by atoms with Gasteiger partial charge in [-0.05, 0) is 44.5 Å². The van der Waals surface area contributed by atoms with E-state index in [9.17, 15) is 0 Å². The molecule has 0 aliphatic rings. The van der Waals surface area contributed by atoms with Gasteiger partial charge in [-0.15, -0.1) is 11.3 Å². The fraction of sp³-hybridized carbons (Fsp3) is 0.273. The average molecular weight is 427 g/mol. The molecule has 4 rings (SSSR count). The lowest BCUT2D eigenvalue weighted by molar-refractivity contribution is 0.342. The van der Waals surface area contributed by atoms with E-state index in [1.807, 2.05) is 36.6 Å². The number of thiophene rings is 1. The van der Waals surface area contributed by atoms with Crippen LogP contribution in [0.25, 0.3) is 21.5 Å². The monoisotopic (exact) mass is 426 g/mol. The van der Waals surface area contributed by atoms with Crippen LogP contribution in [0.5, 0.6) is 5.75 Å². The molecule has 0 bridgehead atoms. The summed E-state index contributed by atoms with van der Waals surface area (Å²) in [5.41, 5.74) is 4.48. The molecule has 0 fully saturated rings. The summed E-state index contributed by atoms with van der Waals surface area (Å²) >= 11 is 7.90. The van der Waals surface area contributed by atoms with Gasteiger partial charge in [0.1, 0.15) is 17.9 Å². The van der Waals surface area contributed by atoms with Gasteiger partial charge in [0.15, 0.2) is 0 Å². The molecule has 3 aromatic heterocycles. The van der Waals surface area contributed by atoms with Crippen molar-refractivity contribution >= 4 is 39.7 Å². The largest absolute Gasteiger partial charge is 0.493 e. The molecule has 0 atom stereocenters. The van der Waals surface area contributed by atoms with Crippen LogP contribution in [0.4, 0.5) is 5.82 Å². The third kappa shape index (κ3) is 4.23. The third-order valence-corrected chi connectivity index (χ3v) is 6.00. The first-order valence-corrected chi connectivity index (χ1v) is 10.8. The summed E-state index contributed by atoms with van der Waals surface area (Å²) in [6.07, 6.45) is 1.59. The van der Waals surface area contributed by atoms with E-state index in [2.05, 4.69) is 39.8 Å². The Kier molecular flexibility index (Phi) is 5.74. The Balaban J connectivity index is 1.48. The van der Waals surface area contributed by atoms with Crippen molar-refractivity contribution in [2.24, 2.45) is 0 Å². The number of rotatable bonds is 7. The van der Waals surface area contributed by atoms with Crippen molar-refractivity contribution < 1.29 is 4.74 Å². The summed E-state index contributed by atoms with van der Waals surface area (Å²) in [6.45, 7) is 8.44. The smallest absolute Gasteiger partial charge is 0.130 e. The predicted molar refractivity (Wildman–Crippen MR) is 121 cm³/mol. The molecule has 0 spiro atoms. The first kappa shape index (κ1) is 19.7. The van der Waals surface area contributed by atoms with E-state index in [0.717, 1.165) is 40.3 Å². The van der Waals surface area contributed by atoms with Gasteiger partial charge in [-0.1, -0.05) is 11.6 Å². The molecule has 7 heteroatoms. The van der Waals surface area contributed by atoms with Crippen LogP contribution in [-0.2, 0) is 6.54 Å². The second-order valence-corrected chi connectivity index (χ2v) is 8.24. The van der Waals surface area contributed by atoms with Gasteiger partial charge >= 0.3 is 0 Å². The molecule has 3 heterocycles. The third-order valence-electron chi connectivity index (χ3n) is 4.85. The number of fused-ring (bicyclic) bond motifs is 1. The zero-order valence-corrected chi connectivity index (χ0v) is 18.3. The number of nitrogens with one attached hydrogen (secondary N) is 1. The van der Waals surface area contributed by atoms with Gasteiger partial charge in [-0.3, -0.25) is 0 Å². The van der Waals surface area contributed by atoms with Crippen molar-refractivity contribution in [2.45, 2.75) is 27.3 Å². The number of aromatic nitrogens is 3. The van der Waals surface area contributed by atoms with Crippen LogP contribution in [0.2, 0.25) is 5.02 Å². The SMILES string of the molecule is CCOc1csc(-c2cc(NCCn3c(C)cc4c(C)cc(Cl)cc43)ncn2)c1. The van der Waals surface area contributed by atoms with Crippen molar-refractivity contribution in [2.75, 3.05) is 18.5 Å². The lowest BCUT2D eigenvalue weighted by Gasteiger charge is -2.11. The number of hydrogen-bond acceptors (Lipinski definition) is 5. The number of benzene rings is 1. The van der Waals surface area contributed by atoms with Gasteiger partial charge in [-0.2, -0.15) is 0 Å². The first-order chi connectivity index (χ1) is 14.0. The van der Waals surface area contributed by atoms with Gasteiger partial charge in [0.05, 0.1) is 22.7 Å². The van der Waals surface area contributed by atoms with Crippen LogP contribution >= 0.6 is 22.9 Å². The minimum Gasteiger partial charge on any atom is -0.493 e. The van der Waals surface area contributed by atoms with Crippen LogP contribution in [0, 0.1) is 13.8 Å². The summed E-state index contributed by atoms with van der Waals surface area (Å²) in [7, 11) is 0. The Morgan fingerprint density at radius 1 is 1.14 bits per heavy atom. The molecule has 0 radical (unpaired) electrons. The highest BCUT2D eigenvalue weighted by Crippen LogP contribution is 2.31. The molecule has 29 heavy (non-hydrogen) atoms. The Bertz CT molecular complexity index is 1150. The van der Waals surface area contributed by atoms with Crippen molar-refractivity contribution in [3.8, 4) is 16.3 Å². The second-order valence-electron chi connectivity index (χ2n) is 6.89. The maximum absolute atomic E-state index is 6.28. The van der Waals surface area contributed by atoms with E-state index in [-0.39, 0.29) is 0 Å². The Morgan fingerprint density at radius 2 is 2.00 bits per heavy atom.